The Morgan fingerprint density at radius 3 is 1.98 bits per heavy atom. The van der Waals surface area contributed by atoms with Gasteiger partial charge in [-0.1, -0.05) is 62.3 Å². The summed E-state index contributed by atoms with van der Waals surface area (Å²) in [7, 11) is 0. The van der Waals surface area contributed by atoms with Crippen molar-refractivity contribution in [1.82, 2.24) is 0 Å². The van der Waals surface area contributed by atoms with E-state index in [1.807, 2.05) is 48.5 Å². The molecule has 0 spiro atoms. The summed E-state index contributed by atoms with van der Waals surface area (Å²) >= 11 is 0. The Bertz CT molecular complexity index is 1050. The van der Waals surface area contributed by atoms with Crippen LogP contribution in [0.1, 0.15) is 115 Å². The zero-order valence-electron chi connectivity index (χ0n) is 29.4. The summed E-state index contributed by atoms with van der Waals surface area (Å²) in [5, 5.41) is 55.4. The van der Waals surface area contributed by atoms with Crippen LogP contribution in [0.25, 0.3) is 0 Å². The molecule has 5 N–H and O–H groups in total. The third kappa shape index (κ3) is 6.51. The van der Waals surface area contributed by atoms with Crippen LogP contribution < -0.4 is 0 Å². The highest BCUT2D eigenvalue weighted by Gasteiger charge is 2.67. The van der Waals surface area contributed by atoms with Gasteiger partial charge in [0, 0.05) is 29.6 Å². The maximum absolute atomic E-state index is 14.1. The lowest BCUT2D eigenvalue weighted by Gasteiger charge is -2.49. The van der Waals surface area contributed by atoms with Crippen molar-refractivity contribution in [2.24, 2.45) is 47.3 Å². The van der Waals surface area contributed by atoms with E-state index < -0.39 is 82.8 Å². The SMILES string of the molecule is CC[C@H](C(=O)[C@@H](C)[C@@H](O)[C@H](C)[C@H]1O[C@@](O)([C@H](C)C(=O)O)[C@H](C)C[C@@H]1C)[C@H]1O[C@](C)([C@]2(O)O[C@@](CC)([C@@H](O)CC)C[C@H]2C)C[C@@H]1C. The van der Waals surface area contributed by atoms with Gasteiger partial charge < -0.3 is 39.7 Å². The standard InChI is InChI=1S/C35H62O10/c1-12-25(30-19(5)16-32(11,43-30)35(42)21(7)17-33(14-3,45-35)26(36)13-2)28(38)22(8)27(37)23(9)29-18(4)15-20(6)34(41,44-29)24(10)31(39)40/h18-27,29-30,36-37,41-42H,12-17H2,1-11H3,(H,39,40)/t18-,19-,20+,21+,22-,23-,24+,25+,26-,27+,29-,30-,32-,33+,34+,35+/m0/s1. The maximum atomic E-state index is 14.1. The molecule has 10 heteroatoms. The van der Waals surface area contributed by atoms with Crippen LogP contribution in [0.5, 0.6) is 0 Å². The fourth-order valence-corrected chi connectivity index (χ4v) is 9.06. The molecule has 0 unspecified atom stereocenters. The number of rotatable bonds is 13. The molecule has 3 heterocycles. The first-order valence-corrected chi connectivity index (χ1v) is 17.3. The molecule has 16 atom stereocenters. The Hall–Kier alpha value is -1.14. The second kappa shape index (κ2) is 13.8. The summed E-state index contributed by atoms with van der Waals surface area (Å²) in [5.41, 5.74) is -1.99. The second-order valence-corrected chi connectivity index (χ2v) is 15.3. The van der Waals surface area contributed by atoms with Gasteiger partial charge in [0.15, 0.2) is 11.6 Å². The Kier molecular flexibility index (Phi) is 11.7. The van der Waals surface area contributed by atoms with Crippen molar-refractivity contribution in [1.29, 1.82) is 0 Å². The molecule has 262 valence electrons. The number of Topliss-reactive ketones (excluding diaryl/α,β-unsaturated/α-hetero) is 1. The number of carbonyl (C=O) groups is 2. The van der Waals surface area contributed by atoms with Crippen LogP contribution >= 0.6 is 0 Å². The summed E-state index contributed by atoms with van der Waals surface area (Å²) in [6, 6.07) is 0. The van der Waals surface area contributed by atoms with Crippen molar-refractivity contribution in [3.63, 3.8) is 0 Å². The number of carbonyl (C=O) groups excluding carboxylic acids is 1. The lowest BCUT2D eigenvalue weighted by atomic mass is 9.72. The molecule has 0 bridgehead atoms. The molecule has 0 aromatic rings. The van der Waals surface area contributed by atoms with Crippen LogP contribution in [0.4, 0.5) is 0 Å². The highest BCUT2D eigenvalue weighted by atomic mass is 16.7. The number of carboxylic acids is 1. The fraction of sp³-hybridized carbons (Fsp3) is 0.943. The van der Waals surface area contributed by atoms with Crippen LogP contribution in [0.15, 0.2) is 0 Å². The van der Waals surface area contributed by atoms with Crippen molar-refractivity contribution in [2.75, 3.05) is 0 Å². The van der Waals surface area contributed by atoms with E-state index >= 15 is 0 Å². The van der Waals surface area contributed by atoms with Gasteiger partial charge in [0.25, 0.3) is 0 Å². The minimum absolute atomic E-state index is 0.0790. The van der Waals surface area contributed by atoms with Gasteiger partial charge in [0.05, 0.1) is 30.0 Å². The molecular weight excluding hydrogens is 580 g/mol. The first kappa shape index (κ1) is 38.3. The maximum Gasteiger partial charge on any atom is 0.311 e. The molecule has 3 fully saturated rings. The molecule has 3 aliphatic rings. The summed E-state index contributed by atoms with van der Waals surface area (Å²) < 4.78 is 19.2. The van der Waals surface area contributed by atoms with Crippen LogP contribution in [0.3, 0.4) is 0 Å². The second-order valence-electron chi connectivity index (χ2n) is 15.3. The number of aliphatic carboxylic acids is 1. The quantitative estimate of drug-likeness (QED) is 0.193. The van der Waals surface area contributed by atoms with Gasteiger partial charge in [-0.05, 0) is 64.2 Å². The summed E-state index contributed by atoms with van der Waals surface area (Å²) in [4.78, 5) is 25.9. The van der Waals surface area contributed by atoms with Crippen LogP contribution in [-0.4, -0.2) is 84.5 Å². The van der Waals surface area contributed by atoms with Gasteiger partial charge in [-0.25, -0.2) is 0 Å². The number of ketones is 1. The lowest BCUT2D eigenvalue weighted by Crippen LogP contribution is -2.58. The average molecular weight is 643 g/mol. The molecule has 0 aromatic heterocycles. The number of ether oxygens (including phenoxy) is 3. The smallest absolute Gasteiger partial charge is 0.311 e. The topological polar surface area (TPSA) is 163 Å². The molecule has 3 saturated heterocycles. The molecule has 3 rings (SSSR count). The molecule has 0 aromatic carbocycles. The summed E-state index contributed by atoms with van der Waals surface area (Å²) in [6.07, 6.45) is -0.0253. The normalized spacial score (nSPS) is 44.6. The third-order valence-corrected chi connectivity index (χ3v) is 12.2. The molecule has 0 radical (unpaired) electrons. The molecule has 3 aliphatic heterocycles. The van der Waals surface area contributed by atoms with Crippen LogP contribution in [0, 0.1) is 47.3 Å². The van der Waals surface area contributed by atoms with E-state index in [0.29, 0.717) is 38.5 Å². The Labute approximate surface area is 270 Å². The Balaban J connectivity index is 1.80. The van der Waals surface area contributed by atoms with Gasteiger partial charge in [0.1, 0.15) is 17.3 Å². The van der Waals surface area contributed by atoms with Crippen molar-refractivity contribution in [3.8, 4) is 0 Å². The third-order valence-electron chi connectivity index (χ3n) is 12.2. The van der Waals surface area contributed by atoms with E-state index in [-0.39, 0.29) is 23.5 Å². The molecule has 45 heavy (non-hydrogen) atoms. The first-order chi connectivity index (χ1) is 20.7. The van der Waals surface area contributed by atoms with Gasteiger partial charge >= 0.3 is 5.97 Å². The summed E-state index contributed by atoms with van der Waals surface area (Å²) in [5.74, 6) is -8.84. The molecule has 0 amide bonds. The number of aliphatic hydroxyl groups excluding tert-OH is 2. The minimum atomic E-state index is -1.89. The van der Waals surface area contributed by atoms with E-state index in [0.717, 1.165) is 0 Å². The van der Waals surface area contributed by atoms with Crippen LogP contribution in [-0.2, 0) is 23.8 Å². The number of aliphatic hydroxyl groups is 4. The molecule has 10 nitrogen and oxygen atoms in total. The molecule has 0 aliphatic carbocycles. The van der Waals surface area contributed by atoms with E-state index in [9.17, 15) is 35.1 Å². The minimum Gasteiger partial charge on any atom is -0.481 e. The number of hydrogen-bond donors (Lipinski definition) is 5. The largest absolute Gasteiger partial charge is 0.481 e. The van der Waals surface area contributed by atoms with Crippen LogP contribution in [0.2, 0.25) is 0 Å². The summed E-state index contributed by atoms with van der Waals surface area (Å²) in [6.45, 7) is 20.2. The fourth-order valence-electron chi connectivity index (χ4n) is 9.06. The predicted molar refractivity (Wildman–Crippen MR) is 169 cm³/mol. The van der Waals surface area contributed by atoms with E-state index in [1.54, 1.807) is 20.8 Å². The van der Waals surface area contributed by atoms with E-state index in [4.69, 9.17) is 14.2 Å². The lowest BCUT2D eigenvalue weighted by molar-refractivity contribution is -0.332. The van der Waals surface area contributed by atoms with Gasteiger partial charge in [-0.2, -0.15) is 0 Å². The van der Waals surface area contributed by atoms with E-state index in [2.05, 4.69) is 0 Å². The Morgan fingerprint density at radius 1 is 0.867 bits per heavy atom. The van der Waals surface area contributed by atoms with Crippen molar-refractivity contribution < 1.29 is 49.3 Å². The van der Waals surface area contributed by atoms with Gasteiger partial charge in [0.2, 0.25) is 0 Å². The predicted octanol–water partition coefficient (Wildman–Crippen LogP) is 4.53. The zero-order chi connectivity index (χ0) is 34.4. The van der Waals surface area contributed by atoms with E-state index in [1.165, 1.54) is 6.92 Å². The highest BCUT2D eigenvalue weighted by Crippen LogP contribution is 2.56. The zero-order valence-corrected chi connectivity index (χ0v) is 29.4. The number of hydrogen-bond acceptors (Lipinski definition) is 9. The highest BCUT2D eigenvalue weighted by molar-refractivity contribution is 5.84. The monoisotopic (exact) mass is 642 g/mol. The van der Waals surface area contributed by atoms with Gasteiger partial charge in [-0.3, -0.25) is 9.59 Å². The Morgan fingerprint density at radius 2 is 1.47 bits per heavy atom. The molecular formula is C35H62O10. The molecule has 0 saturated carbocycles. The average Bonchev–Trinajstić information content (AvgIpc) is 3.46. The van der Waals surface area contributed by atoms with Crippen molar-refractivity contribution in [3.05, 3.63) is 0 Å². The first-order valence-electron chi connectivity index (χ1n) is 17.3. The number of carboxylic acid groups (broad SMARTS) is 1. The van der Waals surface area contributed by atoms with Crippen molar-refractivity contribution in [2.45, 2.75) is 162 Å². The van der Waals surface area contributed by atoms with Gasteiger partial charge in [-0.15, -0.1) is 0 Å². The van der Waals surface area contributed by atoms with Crippen molar-refractivity contribution >= 4 is 11.8 Å².